The lowest BCUT2D eigenvalue weighted by Gasteiger charge is -2.28. The van der Waals surface area contributed by atoms with E-state index in [-0.39, 0.29) is 16.9 Å². The SMILES string of the molecule is CC(=O)OC(C)(C)Cc1ccc(Cl)cc1-n1c(C2CCCCC2)nc(-c2nn[nH]n2)c1-c1ccc(F)c(Cl)c1. The molecule has 0 aliphatic heterocycles. The molecule has 1 fully saturated rings. The topological polar surface area (TPSA) is 98.6 Å². The zero-order valence-electron chi connectivity index (χ0n) is 22.0. The zero-order chi connectivity index (χ0) is 27.7. The number of esters is 1. The molecule has 1 aliphatic carbocycles. The number of ether oxygens (including phenoxy) is 1. The van der Waals surface area contributed by atoms with Gasteiger partial charge in [0.25, 0.3) is 0 Å². The molecule has 0 unspecified atom stereocenters. The van der Waals surface area contributed by atoms with Crippen LogP contribution in [0.15, 0.2) is 36.4 Å². The highest BCUT2D eigenvalue weighted by molar-refractivity contribution is 6.31. The molecule has 0 bridgehead atoms. The van der Waals surface area contributed by atoms with E-state index in [0.29, 0.717) is 34.2 Å². The van der Waals surface area contributed by atoms with Crippen molar-refractivity contribution in [1.82, 2.24) is 30.2 Å². The number of tetrazole rings is 1. The molecule has 1 aliphatic rings. The molecule has 2 aromatic carbocycles. The van der Waals surface area contributed by atoms with Crippen LogP contribution in [0.5, 0.6) is 0 Å². The second kappa shape index (κ2) is 11.1. The first-order valence-corrected chi connectivity index (χ1v) is 13.7. The van der Waals surface area contributed by atoms with Crippen LogP contribution in [0.3, 0.4) is 0 Å². The molecule has 0 spiro atoms. The molecule has 5 rings (SSSR count). The van der Waals surface area contributed by atoms with Crippen LogP contribution in [-0.4, -0.2) is 41.7 Å². The number of benzene rings is 2. The lowest BCUT2D eigenvalue weighted by Crippen LogP contribution is -2.30. The summed E-state index contributed by atoms with van der Waals surface area (Å²) in [5.74, 6) is 0.431. The summed E-state index contributed by atoms with van der Waals surface area (Å²) >= 11 is 12.8. The Labute approximate surface area is 235 Å². The molecule has 2 heterocycles. The molecule has 0 radical (unpaired) electrons. The summed E-state index contributed by atoms with van der Waals surface area (Å²) in [4.78, 5) is 16.9. The van der Waals surface area contributed by atoms with Crippen molar-refractivity contribution in [3.05, 3.63) is 63.6 Å². The number of aromatic nitrogens is 6. The van der Waals surface area contributed by atoms with Gasteiger partial charge in [0, 0.05) is 29.8 Å². The fraction of sp³-hybridized carbons (Fsp3) is 0.393. The molecule has 1 N–H and O–H groups in total. The largest absolute Gasteiger partial charge is 0.459 e. The number of nitrogens with zero attached hydrogens (tertiary/aromatic N) is 5. The van der Waals surface area contributed by atoms with Crippen LogP contribution < -0.4 is 0 Å². The van der Waals surface area contributed by atoms with E-state index in [1.54, 1.807) is 12.1 Å². The molecular weight excluding hydrogens is 542 g/mol. The molecule has 39 heavy (non-hydrogen) atoms. The van der Waals surface area contributed by atoms with Crippen LogP contribution in [0.2, 0.25) is 10.0 Å². The number of imidazole rings is 1. The van der Waals surface area contributed by atoms with Crippen LogP contribution in [0.1, 0.15) is 70.2 Å². The molecule has 0 saturated heterocycles. The summed E-state index contributed by atoms with van der Waals surface area (Å²) in [6, 6.07) is 10.2. The Balaban J connectivity index is 1.81. The van der Waals surface area contributed by atoms with Crippen molar-refractivity contribution < 1.29 is 13.9 Å². The molecule has 204 valence electrons. The minimum absolute atomic E-state index is 0.0131. The number of H-pyrrole nitrogens is 1. The second-order valence-corrected chi connectivity index (χ2v) is 11.3. The predicted molar refractivity (Wildman–Crippen MR) is 148 cm³/mol. The van der Waals surface area contributed by atoms with Gasteiger partial charge in [-0.15, -0.1) is 10.2 Å². The van der Waals surface area contributed by atoms with Gasteiger partial charge in [-0.25, -0.2) is 9.37 Å². The summed E-state index contributed by atoms with van der Waals surface area (Å²) in [6.45, 7) is 5.14. The van der Waals surface area contributed by atoms with E-state index in [4.69, 9.17) is 32.9 Å². The Kier molecular flexibility index (Phi) is 7.73. The van der Waals surface area contributed by atoms with Crippen LogP contribution in [0.25, 0.3) is 28.5 Å². The van der Waals surface area contributed by atoms with Gasteiger partial charge >= 0.3 is 5.97 Å². The fourth-order valence-electron chi connectivity index (χ4n) is 5.42. The van der Waals surface area contributed by atoms with E-state index < -0.39 is 11.4 Å². The van der Waals surface area contributed by atoms with Crippen molar-refractivity contribution in [1.29, 1.82) is 0 Å². The van der Waals surface area contributed by atoms with E-state index in [9.17, 15) is 9.18 Å². The third kappa shape index (κ3) is 5.84. The number of hydrogen-bond acceptors (Lipinski definition) is 6. The fourth-order valence-corrected chi connectivity index (χ4v) is 5.77. The zero-order valence-corrected chi connectivity index (χ0v) is 23.5. The van der Waals surface area contributed by atoms with Gasteiger partial charge in [0.15, 0.2) is 0 Å². The van der Waals surface area contributed by atoms with E-state index in [2.05, 4.69) is 25.2 Å². The van der Waals surface area contributed by atoms with Gasteiger partial charge < -0.3 is 4.74 Å². The highest BCUT2D eigenvalue weighted by Crippen LogP contribution is 2.42. The maximum absolute atomic E-state index is 14.3. The first-order chi connectivity index (χ1) is 18.6. The number of aromatic amines is 1. The first kappa shape index (κ1) is 27.3. The van der Waals surface area contributed by atoms with Crippen molar-refractivity contribution in [2.24, 2.45) is 0 Å². The average Bonchev–Trinajstić information content (AvgIpc) is 3.55. The van der Waals surface area contributed by atoms with E-state index in [1.165, 1.54) is 19.4 Å². The van der Waals surface area contributed by atoms with Gasteiger partial charge in [0.2, 0.25) is 5.82 Å². The molecule has 8 nitrogen and oxygen atoms in total. The molecule has 1 saturated carbocycles. The highest BCUT2D eigenvalue weighted by Gasteiger charge is 2.31. The van der Waals surface area contributed by atoms with Crippen LogP contribution in [0, 0.1) is 5.82 Å². The summed E-state index contributed by atoms with van der Waals surface area (Å²) in [5.41, 5.74) is 2.68. The Hall–Kier alpha value is -3.30. The van der Waals surface area contributed by atoms with E-state index >= 15 is 0 Å². The number of nitrogens with one attached hydrogen (secondary N) is 1. The van der Waals surface area contributed by atoms with Crippen molar-refractivity contribution in [3.8, 4) is 28.5 Å². The highest BCUT2D eigenvalue weighted by atomic mass is 35.5. The third-order valence-electron chi connectivity index (χ3n) is 6.95. The maximum Gasteiger partial charge on any atom is 0.303 e. The van der Waals surface area contributed by atoms with Gasteiger partial charge in [-0.2, -0.15) is 5.21 Å². The molecule has 0 amide bonds. The Morgan fingerprint density at radius 2 is 1.92 bits per heavy atom. The normalized spacial score (nSPS) is 14.5. The number of carbonyl (C=O) groups excluding carboxylic acids is 1. The summed E-state index contributed by atoms with van der Waals surface area (Å²) in [7, 11) is 0. The number of carbonyl (C=O) groups is 1. The number of rotatable bonds is 7. The molecule has 4 aromatic rings. The van der Waals surface area contributed by atoms with Crippen molar-refractivity contribution >= 4 is 29.2 Å². The smallest absolute Gasteiger partial charge is 0.303 e. The Morgan fingerprint density at radius 1 is 1.15 bits per heavy atom. The van der Waals surface area contributed by atoms with Gasteiger partial charge in [-0.05, 0) is 67.8 Å². The number of halogens is 3. The second-order valence-electron chi connectivity index (χ2n) is 10.5. The minimum atomic E-state index is -0.782. The number of hydrogen-bond donors (Lipinski definition) is 1. The first-order valence-electron chi connectivity index (χ1n) is 12.9. The molecular formula is C28H29Cl2FN6O2. The van der Waals surface area contributed by atoms with Crippen molar-refractivity contribution in [3.63, 3.8) is 0 Å². The predicted octanol–water partition coefficient (Wildman–Crippen LogP) is 7.10. The van der Waals surface area contributed by atoms with Gasteiger partial charge in [-0.1, -0.05) is 48.5 Å². The lowest BCUT2D eigenvalue weighted by molar-refractivity contribution is -0.153. The molecule has 2 aromatic heterocycles. The summed E-state index contributed by atoms with van der Waals surface area (Å²) < 4.78 is 22.0. The van der Waals surface area contributed by atoms with E-state index in [1.807, 2.05) is 32.0 Å². The Bertz CT molecular complexity index is 1500. The summed E-state index contributed by atoms with van der Waals surface area (Å²) in [6.07, 6.45) is 5.72. The lowest BCUT2D eigenvalue weighted by atomic mass is 9.88. The third-order valence-corrected chi connectivity index (χ3v) is 7.47. The van der Waals surface area contributed by atoms with Gasteiger partial charge in [-0.3, -0.25) is 9.36 Å². The summed E-state index contributed by atoms with van der Waals surface area (Å²) in [5, 5.41) is 15.2. The standard InChI is InChI=1S/C28H29Cl2FN6O2/c1-16(38)39-28(2,3)15-19-9-11-20(29)14-23(19)37-25(18-10-12-22(31)21(30)13-18)24(26-33-35-36-34-26)32-27(37)17-7-5-4-6-8-17/h9-14,17H,4-8,15H2,1-3H3,(H,33,34,35,36). The van der Waals surface area contributed by atoms with E-state index in [0.717, 1.165) is 42.8 Å². The average molecular weight is 571 g/mol. The Morgan fingerprint density at radius 3 is 2.59 bits per heavy atom. The van der Waals surface area contributed by atoms with Crippen LogP contribution >= 0.6 is 23.2 Å². The maximum atomic E-state index is 14.3. The molecule has 0 atom stereocenters. The molecule has 11 heteroatoms. The van der Waals surface area contributed by atoms with Gasteiger partial charge in [0.1, 0.15) is 22.9 Å². The van der Waals surface area contributed by atoms with Crippen molar-refractivity contribution in [2.45, 2.75) is 70.8 Å². The van der Waals surface area contributed by atoms with Crippen LogP contribution in [-0.2, 0) is 16.0 Å². The van der Waals surface area contributed by atoms with Gasteiger partial charge in [0.05, 0.1) is 16.4 Å². The minimum Gasteiger partial charge on any atom is -0.459 e. The van der Waals surface area contributed by atoms with Crippen LogP contribution in [0.4, 0.5) is 4.39 Å². The monoisotopic (exact) mass is 570 g/mol. The quantitative estimate of drug-likeness (QED) is 0.238. The van der Waals surface area contributed by atoms with Crippen molar-refractivity contribution in [2.75, 3.05) is 0 Å².